The lowest BCUT2D eigenvalue weighted by molar-refractivity contribution is -0.282. The van der Waals surface area contributed by atoms with E-state index in [9.17, 15) is 62.3 Å². The van der Waals surface area contributed by atoms with Crippen molar-refractivity contribution in [3.8, 4) is 0 Å². The summed E-state index contributed by atoms with van der Waals surface area (Å²) < 4.78 is 60.4. The zero-order valence-corrected chi connectivity index (χ0v) is 82.1. The third-order valence-electron chi connectivity index (χ3n) is 26.1. The van der Waals surface area contributed by atoms with Crippen LogP contribution in [-0.4, -0.2) is 163 Å². The second kappa shape index (κ2) is 78.7. The normalized spacial score (nSPS) is 14.7. The Kier molecular flexibility index (Phi) is 72.2. The zero-order valence-electron chi connectivity index (χ0n) is 82.1. The van der Waals surface area contributed by atoms with Gasteiger partial charge in [-0.15, -0.1) is 0 Å². The van der Waals surface area contributed by atoms with Crippen LogP contribution in [0.5, 0.6) is 0 Å². The number of benzene rings is 7. The molecule has 7 aromatic carbocycles. The third kappa shape index (κ3) is 50.9. The van der Waals surface area contributed by atoms with Gasteiger partial charge in [-0.1, -0.05) is 331 Å². The van der Waals surface area contributed by atoms with Crippen LogP contribution in [0.1, 0.15) is 372 Å². The lowest BCUT2D eigenvalue weighted by Crippen LogP contribution is -2.40. The fourth-order valence-corrected chi connectivity index (χ4v) is 16.9. The standard InChI is InChI=1S/C27H38O6.C27H32O6.C24H26O6.C18H24O5.C17H22O5.9CH4/c2*1-2-27(18-31-24(28)21-12-6-3-7-13-21,19-32-25(29)22-14-8-4-9-15-22)20-33-26(30)23-16-10-5-11-17-23;25-22(18-10-4-1-5-11-18)28-16-21(30-24(27)20-14-8-3-9-15-20)17-29-23(26)19-12-6-2-7-13-19;1-14(12-21-17(19)15-8-4-2-5-9-15)13-22-23-18(20)16-10-6-3-7-11-16;18-16(14-8-3-1-4-9-14)20-12-7-13-21-22-17(19)15-10-5-2-6-11-15;;;;;;;;;/h3,6-7,12-13,22-23H,2,4-5,8-11,14-20H2,1H3;3-4,6-9,12-15,23H,2,5,10-11,16-20H2,1H3;1-2,4-7,10-13,20-21H,3,8-9,14-17H2;2,4-5,8-9,14,16H,3,6-7,10-13H2,1H3;1,3-4,8-9,15H,2,5-7,10-13H2;9*1H4. The first-order valence-electron chi connectivity index (χ1n) is 50.5. The van der Waals surface area contributed by atoms with Crippen molar-refractivity contribution < 1.29 is 134 Å². The molecular weight excluding hydrogens is 1910 g/mol. The molecule has 0 aromatic heterocycles. The molecule has 0 radical (unpaired) electrons. The van der Waals surface area contributed by atoms with Gasteiger partial charge in [0, 0.05) is 12.3 Å². The highest BCUT2D eigenvalue weighted by atomic mass is 17.2. The Labute approximate surface area is 895 Å². The lowest BCUT2D eigenvalue weighted by Gasteiger charge is -2.32. The van der Waals surface area contributed by atoms with Gasteiger partial charge in [-0.3, -0.25) is 29.0 Å². The van der Waals surface area contributed by atoms with Crippen LogP contribution in [0.25, 0.3) is 0 Å². The molecule has 0 heterocycles. The van der Waals surface area contributed by atoms with Gasteiger partial charge >= 0.3 is 77.6 Å². The summed E-state index contributed by atoms with van der Waals surface area (Å²) in [5, 5.41) is 0. The van der Waals surface area contributed by atoms with Gasteiger partial charge < -0.3 is 52.1 Å². The Bertz CT molecular complexity index is 4710. The summed E-state index contributed by atoms with van der Waals surface area (Å²) in [5.41, 5.74) is 1.56. The molecule has 0 aliphatic heterocycles. The van der Waals surface area contributed by atoms with Gasteiger partial charge in [-0.05, 0) is 175 Å². The van der Waals surface area contributed by atoms with E-state index < -0.39 is 46.8 Å². The highest BCUT2D eigenvalue weighted by molar-refractivity contribution is 5.93. The fraction of sp³-hybridized carbons (Fsp3) is 0.549. The number of hydrogen-bond donors (Lipinski definition) is 0. The molecule has 150 heavy (non-hydrogen) atoms. The van der Waals surface area contributed by atoms with Gasteiger partial charge in [-0.25, -0.2) is 43.2 Å². The van der Waals surface area contributed by atoms with Crippen LogP contribution >= 0.6 is 0 Å². The van der Waals surface area contributed by atoms with Crippen molar-refractivity contribution in [3.63, 3.8) is 0 Å². The lowest BCUT2D eigenvalue weighted by atomic mass is 9.86. The Morgan fingerprint density at radius 2 is 0.440 bits per heavy atom. The van der Waals surface area contributed by atoms with Crippen LogP contribution in [0.2, 0.25) is 0 Å². The largest absolute Gasteiger partial charge is 0.465 e. The van der Waals surface area contributed by atoms with Crippen molar-refractivity contribution >= 4 is 77.6 Å². The maximum absolute atomic E-state index is 12.7. The summed E-state index contributed by atoms with van der Waals surface area (Å²) in [5.74, 6) is -5.14. The van der Waals surface area contributed by atoms with E-state index in [-0.39, 0.29) is 235 Å². The predicted octanol–water partition coefficient (Wildman–Crippen LogP) is 27.4. The minimum Gasteiger partial charge on any atom is -0.465 e. The average Bonchev–Trinajstić information content (AvgIpc) is 0.843. The molecule has 7 aromatic rings. The SMILES string of the molecule is C.C.C.C.C.C.C.C.C.CC(COOC(=O)C1CCCCC1)COC(=O)c1ccccc1.CCC(COC(=O)c1ccccc1)(COC(=O)C1CCCCC1)COC(=O)C1CCCCC1.CCC(COC(=O)c1ccccc1)(COC(=O)c1ccccc1)COC(=O)C1CCCCC1.O=C(OCC(COC(=O)c1ccccc1)OC(=O)C1CCCCC1)c1ccccc1.O=C(OCCCOOC(=O)C1CCCCC1)c1ccccc1. The monoisotopic (exact) mass is 2090 g/mol. The average molecular weight is 2090 g/mol. The van der Waals surface area contributed by atoms with Crippen LogP contribution in [0.4, 0.5) is 0 Å². The number of ether oxygens (including phenoxy) is 11. The summed E-state index contributed by atoms with van der Waals surface area (Å²) in [6, 6.07) is 60.9. The topological polar surface area (TPSA) is 360 Å². The smallest absolute Gasteiger partial charge is 0.345 e. The van der Waals surface area contributed by atoms with Crippen molar-refractivity contribution in [2.75, 3.05) is 79.3 Å². The maximum Gasteiger partial charge on any atom is 0.345 e. The summed E-state index contributed by atoms with van der Waals surface area (Å²) in [4.78, 5) is 179. The van der Waals surface area contributed by atoms with E-state index in [4.69, 9.17) is 71.7 Å². The molecule has 6 aliphatic rings. The van der Waals surface area contributed by atoms with Crippen LogP contribution in [0.3, 0.4) is 0 Å². The van der Waals surface area contributed by atoms with Gasteiger partial charge in [0.05, 0.1) is 112 Å². The first kappa shape index (κ1) is 138. The van der Waals surface area contributed by atoms with Gasteiger partial charge in [0.2, 0.25) is 0 Å². The van der Waals surface area contributed by atoms with Crippen LogP contribution in [0.15, 0.2) is 212 Å². The van der Waals surface area contributed by atoms with Crippen LogP contribution in [-0.2, 0) is 100 Å². The summed E-state index contributed by atoms with van der Waals surface area (Å²) in [7, 11) is 0. The third-order valence-corrected chi connectivity index (χ3v) is 26.1. The highest BCUT2D eigenvalue weighted by Crippen LogP contribution is 2.35. The molecule has 834 valence electrons. The first-order chi connectivity index (χ1) is 68.6. The second-order valence-electron chi connectivity index (χ2n) is 37.2. The van der Waals surface area contributed by atoms with Crippen LogP contribution < -0.4 is 0 Å². The molecule has 0 spiro atoms. The first-order valence-corrected chi connectivity index (χ1v) is 50.5. The summed E-state index contributed by atoms with van der Waals surface area (Å²) in [6.45, 7) is 6.34. The number of hydrogen-bond acceptors (Lipinski definition) is 28. The van der Waals surface area contributed by atoms with E-state index in [1.807, 2.05) is 51.1 Å². The molecule has 6 fully saturated rings. The Morgan fingerprint density at radius 1 is 0.233 bits per heavy atom. The number of rotatable bonds is 42. The molecule has 6 saturated carbocycles. The van der Waals surface area contributed by atoms with Crippen molar-refractivity contribution in [2.45, 2.75) is 306 Å². The van der Waals surface area contributed by atoms with E-state index in [0.717, 1.165) is 180 Å². The van der Waals surface area contributed by atoms with Crippen LogP contribution in [0, 0.1) is 52.3 Å². The Hall–Kier alpha value is -12.4. The van der Waals surface area contributed by atoms with Crippen molar-refractivity contribution in [2.24, 2.45) is 52.3 Å². The molecule has 28 heteroatoms. The van der Waals surface area contributed by atoms with E-state index >= 15 is 0 Å². The number of carbonyl (C=O) groups is 13. The van der Waals surface area contributed by atoms with E-state index in [0.29, 0.717) is 58.2 Å². The Morgan fingerprint density at radius 3 is 0.687 bits per heavy atom. The second-order valence-corrected chi connectivity index (χ2v) is 37.2. The van der Waals surface area contributed by atoms with E-state index in [1.54, 1.807) is 182 Å². The highest BCUT2D eigenvalue weighted by Gasteiger charge is 2.40. The zero-order chi connectivity index (χ0) is 100. The van der Waals surface area contributed by atoms with E-state index in [2.05, 4.69) is 0 Å². The molecule has 0 bridgehead atoms. The maximum atomic E-state index is 12.7. The molecule has 0 amide bonds. The minimum absolute atomic E-state index is 0. The molecule has 0 saturated heterocycles. The summed E-state index contributed by atoms with van der Waals surface area (Å²) >= 11 is 0. The molecule has 1 atom stereocenters. The fourth-order valence-electron chi connectivity index (χ4n) is 16.9. The van der Waals surface area contributed by atoms with E-state index in [1.165, 1.54) is 12.8 Å². The van der Waals surface area contributed by atoms with Gasteiger partial charge in [0.15, 0.2) is 6.10 Å². The van der Waals surface area contributed by atoms with Gasteiger partial charge in [0.1, 0.15) is 52.9 Å². The van der Waals surface area contributed by atoms with Gasteiger partial charge in [-0.2, -0.15) is 9.78 Å². The molecule has 1 unspecified atom stereocenters. The predicted molar refractivity (Wildman–Crippen MR) is 583 cm³/mol. The van der Waals surface area contributed by atoms with Gasteiger partial charge in [0.25, 0.3) is 0 Å². The quantitative estimate of drug-likeness (QED) is 0.0113. The molecular formula is C122H178O28. The number of esters is 11. The van der Waals surface area contributed by atoms with Crippen molar-refractivity contribution in [1.82, 2.24) is 0 Å². The summed E-state index contributed by atoms with van der Waals surface area (Å²) in [6.07, 6.45) is 30.4. The molecule has 13 rings (SSSR count). The number of carbonyl (C=O) groups excluding carboxylic acids is 13. The molecule has 0 N–H and O–H groups in total. The molecule has 6 aliphatic carbocycles. The minimum atomic E-state index is -0.861. The Balaban J connectivity index is 0.00000184. The van der Waals surface area contributed by atoms with Crippen molar-refractivity contribution in [1.29, 1.82) is 0 Å². The van der Waals surface area contributed by atoms with Crippen molar-refractivity contribution in [3.05, 3.63) is 251 Å². The molecule has 28 nitrogen and oxygen atoms in total.